The van der Waals surface area contributed by atoms with Crippen LogP contribution in [0.3, 0.4) is 0 Å². The molecule has 2 amide bonds. The van der Waals surface area contributed by atoms with Crippen molar-refractivity contribution >= 4 is 34.7 Å². The van der Waals surface area contributed by atoms with Crippen LogP contribution in [0.5, 0.6) is 0 Å². The van der Waals surface area contributed by atoms with Gasteiger partial charge in [0.2, 0.25) is 0 Å². The molecule has 25 heavy (non-hydrogen) atoms. The van der Waals surface area contributed by atoms with Crippen molar-refractivity contribution in [3.63, 3.8) is 0 Å². The molecule has 1 N–H and O–H groups in total. The molecule has 1 aliphatic rings. The molecule has 0 aliphatic carbocycles. The largest absolute Gasteiger partial charge is 0.367 e. The summed E-state index contributed by atoms with van der Waals surface area (Å²) < 4.78 is 0. The number of rotatable bonds is 5. The lowest BCUT2D eigenvalue weighted by atomic mass is 10.2. The normalized spacial score (nSPS) is 16.2. The Bertz CT molecular complexity index is 827. The van der Waals surface area contributed by atoms with E-state index in [9.17, 15) is 9.59 Å². The lowest BCUT2D eigenvalue weighted by Crippen LogP contribution is -2.33. The van der Waals surface area contributed by atoms with E-state index in [4.69, 9.17) is 0 Å². The van der Waals surface area contributed by atoms with Crippen molar-refractivity contribution in [2.75, 3.05) is 12.0 Å². The number of aryl methyl sites for hydroxylation is 1. The van der Waals surface area contributed by atoms with Gasteiger partial charge < -0.3 is 5.32 Å². The third-order valence-electron chi connectivity index (χ3n) is 3.70. The summed E-state index contributed by atoms with van der Waals surface area (Å²) in [5.41, 5.74) is 3.07. The van der Waals surface area contributed by atoms with Gasteiger partial charge in [0.1, 0.15) is 0 Å². The summed E-state index contributed by atoms with van der Waals surface area (Å²) in [6.07, 6.45) is 5.38. The molecule has 1 aliphatic heterocycles. The molecule has 1 saturated heterocycles. The Morgan fingerprint density at radius 2 is 1.76 bits per heavy atom. The van der Waals surface area contributed by atoms with E-state index in [-0.39, 0.29) is 17.8 Å². The number of hydrogen-bond acceptors (Lipinski definition) is 4. The fraction of sp³-hybridized carbons (Fsp3) is 0.100. The van der Waals surface area contributed by atoms with Gasteiger partial charge in [-0.05, 0) is 42.5 Å². The van der Waals surface area contributed by atoms with Crippen LogP contribution in [0.1, 0.15) is 11.1 Å². The predicted molar refractivity (Wildman–Crippen MR) is 103 cm³/mol. The number of amides is 2. The summed E-state index contributed by atoms with van der Waals surface area (Å²) in [7, 11) is 0. The quantitative estimate of drug-likeness (QED) is 0.797. The van der Waals surface area contributed by atoms with Gasteiger partial charge in [0.25, 0.3) is 11.1 Å². The Morgan fingerprint density at radius 1 is 1.04 bits per heavy atom. The molecule has 0 unspecified atom stereocenters. The second kappa shape index (κ2) is 7.85. The maximum absolute atomic E-state index is 12.4. The number of nitrogens with zero attached hydrogens (tertiary/aromatic N) is 1. The summed E-state index contributed by atoms with van der Waals surface area (Å²) in [6, 6.07) is 17.6. The first kappa shape index (κ1) is 17.0. The van der Waals surface area contributed by atoms with Crippen molar-refractivity contribution in [3.05, 3.63) is 82.8 Å². The van der Waals surface area contributed by atoms with Crippen LogP contribution in [0.15, 0.2) is 71.7 Å². The first-order valence-corrected chi connectivity index (χ1v) is 8.73. The molecule has 0 spiro atoms. The maximum atomic E-state index is 12.4. The van der Waals surface area contributed by atoms with Gasteiger partial charge in [-0.15, -0.1) is 0 Å². The molecule has 0 aromatic heterocycles. The maximum Gasteiger partial charge on any atom is 0.295 e. The number of carbonyl (C=O) groups excluding carboxylic acids is 2. The third-order valence-corrected chi connectivity index (χ3v) is 4.63. The molecule has 4 nitrogen and oxygen atoms in total. The van der Waals surface area contributed by atoms with Crippen molar-refractivity contribution in [2.45, 2.75) is 6.92 Å². The monoisotopic (exact) mass is 350 g/mol. The summed E-state index contributed by atoms with van der Waals surface area (Å²) in [4.78, 5) is 26.1. The lowest BCUT2D eigenvalue weighted by molar-refractivity contribution is -0.122. The molecule has 1 heterocycles. The lowest BCUT2D eigenvalue weighted by Gasteiger charge is -2.14. The number of nitrogens with one attached hydrogen (secondary N) is 1. The zero-order valence-corrected chi connectivity index (χ0v) is 14.6. The summed E-state index contributed by atoms with van der Waals surface area (Å²) >= 11 is 0.962. The third kappa shape index (κ3) is 4.39. The van der Waals surface area contributed by atoms with E-state index in [0.29, 0.717) is 4.91 Å². The number of anilines is 1. The number of thioether (sulfide) groups is 1. The van der Waals surface area contributed by atoms with E-state index < -0.39 is 0 Å². The molecular weight excluding hydrogens is 332 g/mol. The SMILES string of the molecule is Cc1ccc(NCN2C(=O)S/C(=C/C=C/c3ccccc3)C2=O)cc1. The molecule has 0 bridgehead atoms. The van der Waals surface area contributed by atoms with Gasteiger partial charge in [0.05, 0.1) is 11.6 Å². The van der Waals surface area contributed by atoms with Crippen LogP contribution in [0, 0.1) is 6.92 Å². The molecule has 2 aromatic rings. The highest BCUT2D eigenvalue weighted by molar-refractivity contribution is 8.18. The second-order valence-corrected chi connectivity index (χ2v) is 6.60. The first-order chi connectivity index (χ1) is 12.1. The van der Waals surface area contributed by atoms with Crippen LogP contribution in [0.4, 0.5) is 10.5 Å². The average molecular weight is 350 g/mol. The summed E-state index contributed by atoms with van der Waals surface area (Å²) in [5, 5.41) is 2.84. The fourth-order valence-electron chi connectivity index (χ4n) is 2.30. The van der Waals surface area contributed by atoms with Crippen molar-refractivity contribution in [1.29, 1.82) is 0 Å². The fourth-order valence-corrected chi connectivity index (χ4v) is 3.09. The molecule has 126 valence electrons. The second-order valence-electron chi connectivity index (χ2n) is 5.60. The smallest absolute Gasteiger partial charge is 0.295 e. The van der Waals surface area contributed by atoms with E-state index in [1.807, 2.05) is 67.6 Å². The van der Waals surface area contributed by atoms with Gasteiger partial charge in [-0.1, -0.05) is 60.2 Å². The van der Waals surface area contributed by atoms with Gasteiger partial charge in [0.15, 0.2) is 0 Å². The molecule has 3 rings (SSSR count). The Balaban J connectivity index is 1.62. The summed E-state index contributed by atoms with van der Waals surface area (Å²) in [5.74, 6) is -0.271. The molecular formula is C20H18N2O2S. The molecule has 5 heteroatoms. The number of allylic oxidation sites excluding steroid dienone is 2. The average Bonchev–Trinajstić information content (AvgIpc) is 2.89. The number of benzene rings is 2. The molecule has 2 aromatic carbocycles. The number of carbonyl (C=O) groups is 2. The van der Waals surface area contributed by atoms with Crippen LogP contribution in [0.25, 0.3) is 6.08 Å². The Labute approximate surface area is 151 Å². The van der Waals surface area contributed by atoms with E-state index in [1.54, 1.807) is 12.2 Å². The van der Waals surface area contributed by atoms with Crippen LogP contribution < -0.4 is 5.32 Å². The zero-order valence-electron chi connectivity index (χ0n) is 13.8. The highest BCUT2D eigenvalue weighted by Crippen LogP contribution is 2.30. The van der Waals surface area contributed by atoms with Gasteiger partial charge in [0, 0.05) is 5.69 Å². The number of imide groups is 1. The Morgan fingerprint density at radius 3 is 2.48 bits per heavy atom. The topological polar surface area (TPSA) is 49.4 Å². The summed E-state index contributed by atoms with van der Waals surface area (Å²) in [6.45, 7) is 2.17. The van der Waals surface area contributed by atoms with Crippen LogP contribution in [0.2, 0.25) is 0 Å². The first-order valence-electron chi connectivity index (χ1n) is 7.91. The molecule has 1 fully saturated rings. The molecule has 0 atom stereocenters. The van der Waals surface area contributed by atoms with E-state index in [2.05, 4.69) is 5.32 Å². The van der Waals surface area contributed by atoms with Crippen molar-refractivity contribution in [3.8, 4) is 0 Å². The minimum absolute atomic E-state index is 0.160. The zero-order chi connectivity index (χ0) is 17.6. The minimum atomic E-state index is -0.271. The van der Waals surface area contributed by atoms with Crippen molar-refractivity contribution in [2.24, 2.45) is 0 Å². The highest BCUT2D eigenvalue weighted by atomic mass is 32.2. The highest BCUT2D eigenvalue weighted by Gasteiger charge is 2.34. The van der Waals surface area contributed by atoms with E-state index >= 15 is 0 Å². The van der Waals surface area contributed by atoms with Crippen LogP contribution in [-0.4, -0.2) is 22.7 Å². The van der Waals surface area contributed by atoms with Crippen molar-refractivity contribution in [1.82, 2.24) is 4.90 Å². The van der Waals surface area contributed by atoms with Gasteiger partial charge >= 0.3 is 0 Å². The molecule has 0 radical (unpaired) electrons. The number of hydrogen-bond donors (Lipinski definition) is 1. The van der Waals surface area contributed by atoms with Gasteiger partial charge in [-0.25, -0.2) is 0 Å². The van der Waals surface area contributed by atoms with Gasteiger partial charge in [-0.2, -0.15) is 0 Å². The van der Waals surface area contributed by atoms with Gasteiger partial charge in [-0.3, -0.25) is 14.5 Å². The Kier molecular flexibility index (Phi) is 5.36. The van der Waals surface area contributed by atoms with E-state index in [1.165, 1.54) is 4.90 Å². The van der Waals surface area contributed by atoms with Crippen molar-refractivity contribution < 1.29 is 9.59 Å². The van der Waals surface area contributed by atoms with Crippen LogP contribution >= 0.6 is 11.8 Å². The predicted octanol–water partition coefficient (Wildman–Crippen LogP) is 4.66. The van der Waals surface area contributed by atoms with Crippen LogP contribution in [-0.2, 0) is 4.79 Å². The van der Waals surface area contributed by atoms with E-state index in [0.717, 1.165) is 28.6 Å². The minimum Gasteiger partial charge on any atom is -0.367 e. The standard InChI is InChI=1S/C20H18N2O2S/c1-15-10-12-17(13-11-15)21-14-22-19(23)18(25-20(22)24)9-5-8-16-6-3-2-4-7-16/h2-13,21H,14H2,1H3/b8-5+,18-9+. The molecule has 0 saturated carbocycles. The Hall–Kier alpha value is -2.79.